The van der Waals surface area contributed by atoms with Gasteiger partial charge in [-0.15, -0.1) is 0 Å². The summed E-state index contributed by atoms with van der Waals surface area (Å²) in [5.74, 6) is -1.51. The molecule has 11 heteroatoms. The number of nitrogens with zero attached hydrogens (tertiary/aromatic N) is 1. The van der Waals surface area contributed by atoms with Crippen LogP contribution in [0.2, 0.25) is 5.02 Å². The first kappa shape index (κ1) is 26.5. The molecule has 0 saturated carbocycles. The van der Waals surface area contributed by atoms with Crippen molar-refractivity contribution in [1.29, 1.82) is 0 Å². The minimum absolute atomic E-state index is 0.230. The van der Waals surface area contributed by atoms with E-state index in [4.69, 9.17) is 25.8 Å². The molecule has 1 heterocycles. The van der Waals surface area contributed by atoms with Crippen LogP contribution in [0.25, 0.3) is 6.08 Å². The number of amides is 4. The monoisotopic (exact) mass is 612 g/mol. The summed E-state index contributed by atoms with van der Waals surface area (Å²) in [5.41, 5.74) is 1.21. The lowest BCUT2D eigenvalue weighted by atomic mass is 10.1. The second-order valence-electron chi connectivity index (χ2n) is 7.25. The number of imide groups is 2. The SMILES string of the molecule is CCOC(=O)COc1c(I)cc(/C=C2/C(=O)NC(=O)N(c3ccc(C)c(Cl)c3)C2=O)cc1OCC. The van der Waals surface area contributed by atoms with E-state index < -0.39 is 23.8 Å². The lowest BCUT2D eigenvalue weighted by molar-refractivity contribution is -0.145. The van der Waals surface area contributed by atoms with E-state index in [1.807, 2.05) is 22.6 Å². The van der Waals surface area contributed by atoms with E-state index in [1.54, 1.807) is 45.0 Å². The van der Waals surface area contributed by atoms with E-state index in [-0.39, 0.29) is 24.5 Å². The molecule has 0 spiro atoms. The van der Waals surface area contributed by atoms with Gasteiger partial charge in [0.2, 0.25) is 0 Å². The van der Waals surface area contributed by atoms with E-state index in [0.717, 1.165) is 10.5 Å². The number of carbonyl (C=O) groups excluding carboxylic acids is 4. The van der Waals surface area contributed by atoms with Gasteiger partial charge in [0.1, 0.15) is 5.57 Å². The van der Waals surface area contributed by atoms with Crippen LogP contribution >= 0.6 is 34.2 Å². The Hall–Kier alpha value is -3.12. The molecule has 2 aromatic rings. The molecule has 0 bridgehead atoms. The summed E-state index contributed by atoms with van der Waals surface area (Å²) in [5, 5.41) is 2.55. The molecule has 1 fully saturated rings. The maximum Gasteiger partial charge on any atom is 0.344 e. The Morgan fingerprint density at radius 3 is 2.51 bits per heavy atom. The normalized spacial score (nSPS) is 14.7. The summed E-state index contributed by atoms with van der Waals surface area (Å²) in [6, 6.07) is 7.07. The number of barbiturate groups is 1. The molecule has 0 aliphatic carbocycles. The second kappa shape index (κ2) is 11.5. The molecule has 35 heavy (non-hydrogen) atoms. The number of halogens is 2. The summed E-state index contributed by atoms with van der Waals surface area (Å²) in [6.07, 6.45) is 1.35. The van der Waals surface area contributed by atoms with Crippen LogP contribution in [0.5, 0.6) is 11.5 Å². The summed E-state index contributed by atoms with van der Waals surface area (Å²) < 4.78 is 16.7. The van der Waals surface area contributed by atoms with Crippen molar-refractivity contribution in [3.05, 3.63) is 55.6 Å². The lowest BCUT2D eigenvalue weighted by Crippen LogP contribution is -2.54. The number of rotatable bonds is 8. The fourth-order valence-corrected chi connectivity index (χ4v) is 4.14. The van der Waals surface area contributed by atoms with Crippen molar-refractivity contribution < 1.29 is 33.4 Å². The molecular weight excluding hydrogens is 591 g/mol. The number of anilines is 1. The van der Waals surface area contributed by atoms with Crippen molar-refractivity contribution in [3.63, 3.8) is 0 Å². The summed E-state index contributed by atoms with van der Waals surface area (Å²) in [7, 11) is 0. The van der Waals surface area contributed by atoms with Crippen LogP contribution in [0.1, 0.15) is 25.0 Å². The highest BCUT2D eigenvalue weighted by Crippen LogP contribution is 2.35. The Kier molecular flexibility index (Phi) is 8.73. The number of aryl methyl sites for hydroxylation is 1. The maximum absolute atomic E-state index is 13.2. The average molecular weight is 613 g/mol. The Labute approximate surface area is 220 Å². The number of urea groups is 1. The average Bonchev–Trinajstić information content (AvgIpc) is 2.78. The predicted octanol–water partition coefficient (Wildman–Crippen LogP) is 4.26. The minimum Gasteiger partial charge on any atom is -0.490 e. The van der Waals surface area contributed by atoms with Crippen LogP contribution < -0.4 is 19.7 Å². The molecule has 184 valence electrons. The third-order valence-corrected chi connectivity index (χ3v) is 6.01. The highest BCUT2D eigenvalue weighted by molar-refractivity contribution is 14.1. The maximum atomic E-state index is 13.2. The van der Waals surface area contributed by atoms with Crippen LogP contribution in [-0.4, -0.2) is 43.6 Å². The molecule has 1 aliphatic rings. The van der Waals surface area contributed by atoms with Crippen LogP contribution in [0, 0.1) is 10.5 Å². The molecule has 0 atom stereocenters. The molecule has 0 radical (unpaired) electrons. The van der Waals surface area contributed by atoms with E-state index in [9.17, 15) is 19.2 Å². The molecule has 0 aromatic heterocycles. The summed E-state index contributed by atoms with van der Waals surface area (Å²) in [4.78, 5) is 50.7. The van der Waals surface area contributed by atoms with Gasteiger partial charge >= 0.3 is 12.0 Å². The highest BCUT2D eigenvalue weighted by Gasteiger charge is 2.37. The standard InChI is InChI=1S/C24H22ClIN2O7/c1-4-33-19-10-14(9-18(26)21(19)35-12-20(29)34-5-2)8-16-22(30)27-24(32)28(23(16)31)15-7-6-13(3)17(25)11-15/h6-11H,4-5,12H2,1-3H3,(H,27,30,32)/b16-8-. The Morgan fingerprint density at radius 2 is 1.86 bits per heavy atom. The molecule has 1 aliphatic heterocycles. The fourth-order valence-electron chi connectivity index (χ4n) is 3.19. The van der Waals surface area contributed by atoms with Crippen molar-refractivity contribution in [2.45, 2.75) is 20.8 Å². The van der Waals surface area contributed by atoms with Gasteiger partial charge in [-0.2, -0.15) is 0 Å². The molecule has 3 rings (SSSR count). The number of ether oxygens (including phenoxy) is 3. The van der Waals surface area contributed by atoms with E-state index in [2.05, 4.69) is 5.32 Å². The zero-order valence-electron chi connectivity index (χ0n) is 19.1. The number of esters is 1. The first-order valence-electron chi connectivity index (χ1n) is 10.6. The van der Waals surface area contributed by atoms with Crippen molar-refractivity contribution in [3.8, 4) is 11.5 Å². The Morgan fingerprint density at radius 1 is 1.11 bits per heavy atom. The van der Waals surface area contributed by atoms with Gasteiger partial charge in [-0.05, 0) is 84.8 Å². The van der Waals surface area contributed by atoms with Crippen LogP contribution in [-0.2, 0) is 19.1 Å². The number of hydrogen-bond acceptors (Lipinski definition) is 7. The first-order valence-corrected chi connectivity index (χ1v) is 12.0. The third-order valence-electron chi connectivity index (χ3n) is 4.80. The zero-order valence-corrected chi connectivity index (χ0v) is 22.1. The largest absolute Gasteiger partial charge is 0.490 e. The number of hydrogen-bond donors (Lipinski definition) is 1. The molecule has 0 unspecified atom stereocenters. The molecule has 4 amide bonds. The summed E-state index contributed by atoms with van der Waals surface area (Å²) >= 11 is 8.16. The van der Waals surface area contributed by atoms with Gasteiger partial charge in [0.25, 0.3) is 11.8 Å². The molecular formula is C24H22ClIN2O7. The van der Waals surface area contributed by atoms with Gasteiger partial charge in [0, 0.05) is 5.02 Å². The van der Waals surface area contributed by atoms with Gasteiger partial charge in [-0.25, -0.2) is 14.5 Å². The van der Waals surface area contributed by atoms with Gasteiger partial charge < -0.3 is 14.2 Å². The minimum atomic E-state index is -0.871. The van der Waals surface area contributed by atoms with Crippen molar-refractivity contribution >= 4 is 69.8 Å². The van der Waals surface area contributed by atoms with Gasteiger partial charge in [-0.3, -0.25) is 14.9 Å². The molecule has 9 nitrogen and oxygen atoms in total. The van der Waals surface area contributed by atoms with E-state index in [0.29, 0.717) is 32.3 Å². The quantitative estimate of drug-likeness (QED) is 0.205. The smallest absolute Gasteiger partial charge is 0.344 e. The first-order chi connectivity index (χ1) is 16.7. The van der Waals surface area contributed by atoms with Crippen molar-refractivity contribution in [2.75, 3.05) is 24.7 Å². The number of benzene rings is 2. The van der Waals surface area contributed by atoms with Gasteiger partial charge in [0.15, 0.2) is 18.1 Å². The Bertz CT molecular complexity index is 1230. The molecule has 1 saturated heterocycles. The third kappa shape index (κ3) is 6.12. The van der Waals surface area contributed by atoms with Crippen LogP contribution in [0.4, 0.5) is 10.5 Å². The molecule has 1 N–H and O–H groups in total. The van der Waals surface area contributed by atoms with Crippen LogP contribution in [0.3, 0.4) is 0 Å². The molecule has 2 aromatic carbocycles. The van der Waals surface area contributed by atoms with Gasteiger partial charge in [-0.1, -0.05) is 17.7 Å². The number of nitrogens with one attached hydrogen (secondary N) is 1. The van der Waals surface area contributed by atoms with Crippen molar-refractivity contribution in [1.82, 2.24) is 5.32 Å². The lowest BCUT2D eigenvalue weighted by Gasteiger charge is -2.26. The highest BCUT2D eigenvalue weighted by atomic mass is 127. The second-order valence-corrected chi connectivity index (χ2v) is 8.82. The van der Waals surface area contributed by atoms with Gasteiger partial charge in [0.05, 0.1) is 22.5 Å². The Balaban J connectivity index is 1.97. The van der Waals surface area contributed by atoms with Crippen molar-refractivity contribution in [2.24, 2.45) is 0 Å². The topological polar surface area (TPSA) is 111 Å². The van der Waals surface area contributed by atoms with E-state index >= 15 is 0 Å². The fraction of sp³-hybridized carbons (Fsp3) is 0.250. The zero-order chi connectivity index (χ0) is 25.7. The summed E-state index contributed by atoms with van der Waals surface area (Å²) in [6.45, 7) is 5.50. The predicted molar refractivity (Wildman–Crippen MR) is 138 cm³/mol. The van der Waals surface area contributed by atoms with Crippen LogP contribution in [0.15, 0.2) is 35.9 Å². The van der Waals surface area contributed by atoms with E-state index in [1.165, 1.54) is 12.1 Å². The number of carbonyl (C=O) groups is 4.